The highest BCUT2D eigenvalue weighted by Crippen LogP contribution is 2.56. The number of hydrogen-bond acceptors (Lipinski definition) is 3. The molecule has 0 bridgehead atoms. The molecule has 130 valence electrons. The van der Waals surface area contributed by atoms with Crippen LogP contribution in [0.1, 0.15) is 41.9 Å². The monoisotopic (exact) mass is 344 g/mol. The Kier molecular flexibility index (Phi) is 3.26. The number of nitrogens with one attached hydrogen (secondary N) is 2. The highest BCUT2D eigenvalue weighted by Gasteiger charge is 2.55. The lowest BCUT2D eigenvalue weighted by molar-refractivity contribution is -0.121. The summed E-state index contributed by atoms with van der Waals surface area (Å²) in [6.45, 7) is 2.13. The molecule has 2 atom stereocenters. The molecular formula is C21H20N4O. The first-order valence-corrected chi connectivity index (χ1v) is 9.07. The zero-order chi connectivity index (χ0) is 17.7. The fourth-order valence-electron chi connectivity index (χ4n) is 4.87. The standard InChI is InChI=1S/C21H20N4O/c1-13-8-9-14(19-22-12-23-25-19)11-15(13)16-6-4-10-21(16)17-5-2-3-7-18(17)24-20(21)26/h2-3,5,7-9,11-12,16H,4,6,10H2,1H3,(H,24,26)(H,22,23,25). The van der Waals surface area contributed by atoms with Gasteiger partial charge in [0.1, 0.15) is 6.33 Å². The average molecular weight is 344 g/mol. The molecule has 5 heteroatoms. The van der Waals surface area contributed by atoms with Crippen molar-refractivity contribution in [2.75, 3.05) is 5.32 Å². The van der Waals surface area contributed by atoms with Crippen LogP contribution >= 0.6 is 0 Å². The summed E-state index contributed by atoms with van der Waals surface area (Å²) in [6.07, 6.45) is 4.49. The fraction of sp³-hybridized carbons (Fsp3) is 0.286. The van der Waals surface area contributed by atoms with E-state index in [2.05, 4.69) is 51.7 Å². The fourth-order valence-corrected chi connectivity index (χ4v) is 4.87. The maximum atomic E-state index is 13.1. The Hall–Kier alpha value is -2.95. The van der Waals surface area contributed by atoms with Gasteiger partial charge in [0.2, 0.25) is 5.91 Å². The van der Waals surface area contributed by atoms with Crippen molar-refractivity contribution >= 4 is 11.6 Å². The highest BCUT2D eigenvalue weighted by molar-refractivity contribution is 6.07. The number of carbonyl (C=O) groups is 1. The average Bonchev–Trinajstić information content (AvgIpc) is 3.38. The molecule has 1 aromatic heterocycles. The highest BCUT2D eigenvalue weighted by atomic mass is 16.2. The van der Waals surface area contributed by atoms with Crippen molar-refractivity contribution in [3.05, 3.63) is 65.5 Å². The molecule has 3 aromatic rings. The SMILES string of the molecule is Cc1ccc(-c2ncn[nH]2)cc1C1CCCC12C(=O)Nc1ccccc12. The zero-order valence-electron chi connectivity index (χ0n) is 14.6. The smallest absolute Gasteiger partial charge is 0.235 e. The van der Waals surface area contributed by atoms with Gasteiger partial charge in [0.15, 0.2) is 5.82 Å². The summed E-state index contributed by atoms with van der Waals surface area (Å²) in [7, 11) is 0. The van der Waals surface area contributed by atoms with Crippen LogP contribution in [0.2, 0.25) is 0 Å². The lowest BCUT2D eigenvalue weighted by Gasteiger charge is -2.31. The molecule has 0 saturated heterocycles. The van der Waals surface area contributed by atoms with Crippen LogP contribution < -0.4 is 5.32 Å². The van der Waals surface area contributed by atoms with Gasteiger partial charge >= 0.3 is 0 Å². The molecule has 1 spiro atoms. The van der Waals surface area contributed by atoms with Crippen LogP contribution in [0, 0.1) is 6.92 Å². The third kappa shape index (κ3) is 2.00. The number of benzene rings is 2. The Bertz CT molecular complexity index is 995. The van der Waals surface area contributed by atoms with Gasteiger partial charge < -0.3 is 5.32 Å². The normalized spacial score (nSPS) is 24.0. The Morgan fingerprint density at radius 1 is 1.19 bits per heavy atom. The van der Waals surface area contributed by atoms with E-state index in [9.17, 15) is 4.79 Å². The van der Waals surface area contributed by atoms with E-state index < -0.39 is 5.41 Å². The summed E-state index contributed by atoms with van der Waals surface area (Å²) in [5.74, 6) is 1.08. The van der Waals surface area contributed by atoms with Crippen LogP contribution in [-0.4, -0.2) is 21.1 Å². The van der Waals surface area contributed by atoms with Gasteiger partial charge in [0, 0.05) is 17.2 Å². The van der Waals surface area contributed by atoms with E-state index in [1.165, 1.54) is 17.5 Å². The molecule has 26 heavy (non-hydrogen) atoms. The molecule has 2 N–H and O–H groups in total. The van der Waals surface area contributed by atoms with Crippen LogP contribution in [0.3, 0.4) is 0 Å². The number of aromatic amines is 1. The number of fused-ring (bicyclic) bond motifs is 2. The van der Waals surface area contributed by atoms with Crippen molar-refractivity contribution in [3.8, 4) is 11.4 Å². The maximum absolute atomic E-state index is 13.1. The predicted octanol–water partition coefficient (Wildman–Crippen LogP) is 3.94. The molecule has 1 fully saturated rings. The summed E-state index contributed by atoms with van der Waals surface area (Å²) in [6, 6.07) is 14.5. The molecule has 1 saturated carbocycles. The zero-order valence-corrected chi connectivity index (χ0v) is 14.6. The Morgan fingerprint density at radius 2 is 2.08 bits per heavy atom. The molecule has 5 nitrogen and oxygen atoms in total. The third-order valence-corrected chi connectivity index (χ3v) is 6.06. The molecular weight excluding hydrogens is 324 g/mol. The molecule has 2 unspecified atom stereocenters. The second-order valence-electron chi connectivity index (χ2n) is 7.32. The minimum atomic E-state index is -0.457. The van der Waals surface area contributed by atoms with Crippen LogP contribution in [0.5, 0.6) is 0 Å². The second-order valence-corrected chi connectivity index (χ2v) is 7.32. The minimum Gasteiger partial charge on any atom is -0.325 e. The van der Waals surface area contributed by atoms with Gasteiger partial charge in [-0.3, -0.25) is 9.89 Å². The van der Waals surface area contributed by atoms with Crippen LogP contribution in [0.4, 0.5) is 5.69 Å². The lowest BCUT2D eigenvalue weighted by atomic mass is 9.69. The van der Waals surface area contributed by atoms with E-state index in [1.807, 2.05) is 18.2 Å². The van der Waals surface area contributed by atoms with Crippen molar-refractivity contribution in [2.45, 2.75) is 37.5 Å². The van der Waals surface area contributed by atoms with Gasteiger partial charge in [-0.2, -0.15) is 5.10 Å². The first kappa shape index (κ1) is 15.3. The number of carbonyl (C=O) groups excluding carboxylic acids is 1. The van der Waals surface area contributed by atoms with E-state index in [0.29, 0.717) is 0 Å². The number of aromatic nitrogens is 3. The van der Waals surface area contributed by atoms with Crippen molar-refractivity contribution in [1.82, 2.24) is 15.2 Å². The molecule has 5 rings (SSSR count). The summed E-state index contributed by atoms with van der Waals surface area (Å²) in [5, 5.41) is 10.0. The van der Waals surface area contributed by atoms with E-state index in [0.717, 1.165) is 41.9 Å². The quantitative estimate of drug-likeness (QED) is 0.740. The van der Waals surface area contributed by atoms with Gasteiger partial charge in [0.05, 0.1) is 5.41 Å². The van der Waals surface area contributed by atoms with Gasteiger partial charge in [-0.25, -0.2) is 4.98 Å². The second kappa shape index (κ2) is 5.53. The molecule has 2 aromatic carbocycles. The summed E-state index contributed by atoms with van der Waals surface area (Å²) in [5.41, 5.74) is 5.13. The Morgan fingerprint density at radius 3 is 2.92 bits per heavy atom. The van der Waals surface area contributed by atoms with Crippen LogP contribution in [0.25, 0.3) is 11.4 Å². The number of rotatable bonds is 2. The molecule has 2 aliphatic rings. The van der Waals surface area contributed by atoms with Gasteiger partial charge in [-0.1, -0.05) is 36.8 Å². The molecule has 2 heterocycles. The number of para-hydroxylation sites is 1. The van der Waals surface area contributed by atoms with Crippen molar-refractivity contribution in [2.24, 2.45) is 0 Å². The molecule has 1 aliphatic heterocycles. The first-order chi connectivity index (χ1) is 12.7. The Labute approximate surface area is 151 Å². The topological polar surface area (TPSA) is 70.7 Å². The number of amides is 1. The number of anilines is 1. The number of H-pyrrole nitrogens is 1. The molecule has 0 radical (unpaired) electrons. The number of aryl methyl sites for hydroxylation is 1. The van der Waals surface area contributed by atoms with Crippen LogP contribution in [0.15, 0.2) is 48.8 Å². The lowest BCUT2D eigenvalue weighted by Crippen LogP contribution is -2.37. The van der Waals surface area contributed by atoms with Crippen LogP contribution in [-0.2, 0) is 10.2 Å². The van der Waals surface area contributed by atoms with E-state index in [-0.39, 0.29) is 11.8 Å². The largest absolute Gasteiger partial charge is 0.325 e. The van der Waals surface area contributed by atoms with E-state index in [4.69, 9.17) is 0 Å². The summed E-state index contributed by atoms with van der Waals surface area (Å²) in [4.78, 5) is 17.4. The molecule has 1 aliphatic carbocycles. The van der Waals surface area contributed by atoms with Crippen molar-refractivity contribution < 1.29 is 4.79 Å². The van der Waals surface area contributed by atoms with Crippen molar-refractivity contribution in [1.29, 1.82) is 0 Å². The Balaban J connectivity index is 1.67. The predicted molar refractivity (Wildman–Crippen MR) is 99.9 cm³/mol. The maximum Gasteiger partial charge on any atom is 0.235 e. The third-order valence-electron chi connectivity index (χ3n) is 6.06. The van der Waals surface area contributed by atoms with Gasteiger partial charge in [-0.05, 0) is 48.6 Å². The van der Waals surface area contributed by atoms with Gasteiger partial charge in [0.25, 0.3) is 0 Å². The molecule has 1 amide bonds. The van der Waals surface area contributed by atoms with E-state index >= 15 is 0 Å². The number of hydrogen-bond donors (Lipinski definition) is 2. The van der Waals surface area contributed by atoms with Crippen molar-refractivity contribution in [3.63, 3.8) is 0 Å². The summed E-state index contributed by atoms with van der Waals surface area (Å²) >= 11 is 0. The summed E-state index contributed by atoms with van der Waals surface area (Å²) < 4.78 is 0. The minimum absolute atomic E-state index is 0.144. The van der Waals surface area contributed by atoms with Gasteiger partial charge in [-0.15, -0.1) is 0 Å². The first-order valence-electron chi connectivity index (χ1n) is 9.07. The number of nitrogens with zero attached hydrogens (tertiary/aromatic N) is 2. The van der Waals surface area contributed by atoms with E-state index in [1.54, 1.807) is 0 Å².